The van der Waals surface area contributed by atoms with Gasteiger partial charge in [-0.25, -0.2) is 0 Å². The molecule has 114 valence electrons. The molecule has 0 saturated carbocycles. The molecule has 0 radical (unpaired) electrons. The Labute approximate surface area is 137 Å². The molecule has 2 aromatic rings. The van der Waals surface area contributed by atoms with E-state index in [4.69, 9.17) is 0 Å². The van der Waals surface area contributed by atoms with Gasteiger partial charge in [-0.15, -0.1) is 22.7 Å². The molecule has 1 unspecified atom stereocenters. The molecular formula is C17H17NO2S2. The quantitative estimate of drug-likeness (QED) is 0.664. The number of rotatable bonds is 5. The first-order valence-corrected chi connectivity index (χ1v) is 9.03. The van der Waals surface area contributed by atoms with Crippen LogP contribution in [0.2, 0.25) is 0 Å². The lowest BCUT2D eigenvalue weighted by Gasteiger charge is -2.16. The van der Waals surface area contributed by atoms with E-state index < -0.39 is 0 Å². The first-order valence-electron chi connectivity index (χ1n) is 7.33. The number of amides is 1. The number of nitrogens with one attached hydrogen (secondary N) is 1. The van der Waals surface area contributed by atoms with Gasteiger partial charge in [0, 0.05) is 10.8 Å². The number of thiophene rings is 2. The molecular weight excluding hydrogens is 314 g/mol. The van der Waals surface area contributed by atoms with E-state index in [2.05, 4.69) is 17.5 Å². The maximum atomic E-state index is 12.2. The van der Waals surface area contributed by atoms with Crippen LogP contribution in [0.3, 0.4) is 0 Å². The third-order valence-corrected chi connectivity index (χ3v) is 5.66. The highest BCUT2D eigenvalue weighted by molar-refractivity contribution is 7.16. The van der Waals surface area contributed by atoms with Gasteiger partial charge in [0.1, 0.15) is 0 Å². The molecule has 1 N–H and O–H groups in total. The van der Waals surface area contributed by atoms with Gasteiger partial charge in [-0.05, 0) is 42.8 Å². The summed E-state index contributed by atoms with van der Waals surface area (Å²) in [5, 5.41) is 4.89. The van der Waals surface area contributed by atoms with Crippen LogP contribution in [0.25, 0.3) is 0 Å². The Balaban J connectivity index is 1.57. The van der Waals surface area contributed by atoms with Crippen molar-refractivity contribution in [1.29, 1.82) is 0 Å². The second-order valence-corrected chi connectivity index (χ2v) is 7.39. The molecule has 0 aromatic carbocycles. The van der Waals surface area contributed by atoms with Crippen LogP contribution in [-0.2, 0) is 11.3 Å². The van der Waals surface area contributed by atoms with Crippen molar-refractivity contribution in [1.82, 2.24) is 5.32 Å². The van der Waals surface area contributed by atoms with Crippen LogP contribution in [0, 0.1) is 5.92 Å². The van der Waals surface area contributed by atoms with Gasteiger partial charge in [0.15, 0.2) is 0 Å². The van der Waals surface area contributed by atoms with E-state index in [-0.39, 0.29) is 17.6 Å². The van der Waals surface area contributed by atoms with E-state index >= 15 is 0 Å². The summed E-state index contributed by atoms with van der Waals surface area (Å²) in [4.78, 5) is 26.8. The normalized spacial score (nSPS) is 17.4. The van der Waals surface area contributed by atoms with Crippen LogP contribution in [0.1, 0.15) is 38.7 Å². The Hall–Kier alpha value is -1.72. The molecule has 1 amide bonds. The van der Waals surface area contributed by atoms with Gasteiger partial charge in [0.25, 0.3) is 0 Å². The lowest BCUT2D eigenvalue weighted by atomic mass is 9.94. The van der Waals surface area contributed by atoms with E-state index in [0.717, 1.165) is 33.9 Å². The van der Waals surface area contributed by atoms with Crippen molar-refractivity contribution in [3.05, 3.63) is 56.4 Å². The molecule has 1 aliphatic carbocycles. The summed E-state index contributed by atoms with van der Waals surface area (Å²) < 4.78 is 0. The predicted octanol–water partition coefficient (Wildman–Crippen LogP) is 4.01. The predicted molar refractivity (Wildman–Crippen MR) is 90.4 cm³/mol. The molecule has 0 fully saturated rings. The van der Waals surface area contributed by atoms with E-state index in [0.29, 0.717) is 6.54 Å². The number of hydrogen-bond donors (Lipinski definition) is 1. The SMILES string of the molecule is O=C(c1cccs1)c1ccc(CNC(=O)C2CC=CCC2)s1. The van der Waals surface area contributed by atoms with E-state index in [1.807, 2.05) is 29.6 Å². The number of carbonyl (C=O) groups excluding carboxylic acids is 2. The van der Waals surface area contributed by atoms with Gasteiger partial charge in [0.05, 0.1) is 16.3 Å². The van der Waals surface area contributed by atoms with Crippen molar-refractivity contribution >= 4 is 34.4 Å². The lowest BCUT2D eigenvalue weighted by molar-refractivity contribution is -0.125. The van der Waals surface area contributed by atoms with Crippen molar-refractivity contribution < 1.29 is 9.59 Å². The van der Waals surface area contributed by atoms with Crippen molar-refractivity contribution in [2.75, 3.05) is 0 Å². The molecule has 0 spiro atoms. The zero-order valence-electron chi connectivity index (χ0n) is 12.1. The van der Waals surface area contributed by atoms with E-state index in [1.165, 1.54) is 22.7 Å². The summed E-state index contributed by atoms with van der Waals surface area (Å²) in [6.07, 6.45) is 6.95. The first kappa shape index (κ1) is 15.2. The van der Waals surface area contributed by atoms with Gasteiger partial charge < -0.3 is 5.32 Å². The third kappa shape index (κ3) is 3.54. The second-order valence-electron chi connectivity index (χ2n) is 5.27. The summed E-state index contributed by atoms with van der Waals surface area (Å²) in [6, 6.07) is 7.49. The second kappa shape index (κ2) is 7.03. The summed E-state index contributed by atoms with van der Waals surface area (Å²) in [5.74, 6) is 0.274. The molecule has 0 bridgehead atoms. The Morgan fingerprint density at radius 2 is 2.09 bits per heavy atom. The average molecular weight is 331 g/mol. The Morgan fingerprint density at radius 1 is 1.18 bits per heavy atom. The number of ketones is 1. The topological polar surface area (TPSA) is 46.2 Å². The summed E-state index contributed by atoms with van der Waals surface area (Å²) in [6.45, 7) is 0.501. The minimum atomic E-state index is 0.0648. The van der Waals surface area contributed by atoms with Crippen molar-refractivity contribution in [3.63, 3.8) is 0 Å². The molecule has 1 atom stereocenters. The van der Waals surface area contributed by atoms with Gasteiger partial charge in [-0.1, -0.05) is 18.2 Å². The molecule has 22 heavy (non-hydrogen) atoms. The molecule has 3 nitrogen and oxygen atoms in total. The Bertz CT molecular complexity index is 685. The van der Waals surface area contributed by atoms with Gasteiger partial charge in [-0.3, -0.25) is 9.59 Å². The molecule has 5 heteroatoms. The van der Waals surface area contributed by atoms with Crippen LogP contribution in [0.15, 0.2) is 41.8 Å². The van der Waals surface area contributed by atoms with Crippen LogP contribution in [-0.4, -0.2) is 11.7 Å². The molecule has 1 aliphatic rings. The Morgan fingerprint density at radius 3 is 2.82 bits per heavy atom. The lowest BCUT2D eigenvalue weighted by Crippen LogP contribution is -2.30. The minimum Gasteiger partial charge on any atom is -0.351 e. The van der Waals surface area contributed by atoms with Crippen LogP contribution in [0.5, 0.6) is 0 Å². The number of hydrogen-bond acceptors (Lipinski definition) is 4. The number of allylic oxidation sites excluding steroid dienone is 2. The summed E-state index contributed by atoms with van der Waals surface area (Å²) >= 11 is 2.91. The zero-order valence-corrected chi connectivity index (χ0v) is 13.7. The smallest absolute Gasteiger partial charge is 0.223 e. The molecule has 2 heterocycles. The zero-order chi connectivity index (χ0) is 15.4. The van der Waals surface area contributed by atoms with Gasteiger partial charge in [-0.2, -0.15) is 0 Å². The van der Waals surface area contributed by atoms with E-state index in [1.54, 1.807) is 0 Å². The third-order valence-electron chi connectivity index (χ3n) is 3.71. The molecule has 0 aliphatic heterocycles. The fourth-order valence-electron chi connectivity index (χ4n) is 2.47. The summed E-state index contributed by atoms with van der Waals surface area (Å²) in [5.41, 5.74) is 0. The van der Waals surface area contributed by atoms with Crippen LogP contribution >= 0.6 is 22.7 Å². The van der Waals surface area contributed by atoms with Crippen LogP contribution in [0.4, 0.5) is 0 Å². The van der Waals surface area contributed by atoms with Crippen molar-refractivity contribution in [2.24, 2.45) is 5.92 Å². The highest BCUT2D eigenvalue weighted by Crippen LogP contribution is 2.23. The van der Waals surface area contributed by atoms with E-state index in [9.17, 15) is 9.59 Å². The summed E-state index contributed by atoms with van der Waals surface area (Å²) in [7, 11) is 0. The van der Waals surface area contributed by atoms with Crippen molar-refractivity contribution in [2.45, 2.75) is 25.8 Å². The fraction of sp³-hybridized carbons (Fsp3) is 0.294. The van der Waals surface area contributed by atoms with Crippen LogP contribution < -0.4 is 5.32 Å². The minimum absolute atomic E-state index is 0.0648. The maximum Gasteiger partial charge on any atom is 0.223 e. The highest BCUT2D eigenvalue weighted by Gasteiger charge is 2.19. The molecule has 2 aromatic heterocycles. The highest BCUT2D eigenvalue weighted by atomic mass is 32.1. The molecule has 0 saturated heterocycles. The largest absolute Gasteiger partial charge is 0.351 e. The fourth-order valence-corrected chi connectivity index (χ4v) is 4.12. The maximum absolute atomic E-state index is 12.2. The van der Waals surface area contributed by atoms with Gasteiger partial charge >= 0.3 is 0 Å². The number of carbonyl (C=O) groups is 2. The monoisotopic (exact) mass is 331 g/mol. The Kier molecular flexibility index (Phi) is 4.85. The first-order chi connectivity index (χ1) is 10.7. The average Bonchev–Trinajstić information content (AvgIpc) is 3.24. The standard InChI is InChI=1S/C17H17NO2S2/c19-16(14-7-4-10-21-14)15-9-8-13(22-15)11-18-17(20)12-5-2-1-3-6-12/h1-2,4,7-10,12H,3,5-6,11H2,(H,18,20). The van der Waals surface area contributed by atoms with Crippen molar-refractivity contribution in [3.8, 4) is 0 Å². The molecule has 3 rings (SSSR count). The van der Waals surface area contributed by atoms with Gasteiger partial charge in [0.2, 0.25) is 11.7 Å².